The molecule has 0 heterocycles. The average molecular weight is 335 g/mol. The van der Waals surface area contributed by atoms with Crippen molar-refractivity contribution >= 4 is 23.3 Å². The van der Waals surface area contributed by atoms with Crippen molar-refractivity contribution in [3.8, 4) is 11.5 Å². The first-order chi connectivity index (χ1) is 11.0. The fourth-order valence-corrected chi connectivity index (χ4v) is 2.28. The summed E-state index contributed by atoms with van der Waals surface area (Å²) >= 11 is 5.82. The van der Waals surface area contributed by atoms with E-state index in [9.17, 15) is 4.79 Å². The predicted molar refractivity (Wildman–Crippen MR) is 91.6 cm³/mol. The molecule has 2 aromatic carbocycles. The van der Waals surface area contributed by atoms with E-state index in [1.807, 2.05) is 25.1 Å². The largest absolute Gasteiger partial charge is 0.497 e. The van der Waals surface area contributed by atoms with Gasteiger partial charge in [-0.25, -0.2) is 4.79 Å². The van der Waals surface area contributed by atoms with E-state index in [-0.39, 0.29) is 12.1 Å². The van der Waals surface area contributed by atoms with Crippen LogP contribution < -0.4 is 20.1 Å². The van der Waals surface area contributed by atoms with Crippen LogP contribution in [0, 0.1) is 0 Å². The zero-order valence-electron chi connectivity index (χ0n) is 13.2. The van der Waals surface area contributed by atoms with Crippen LogP contribution in [-0.2, 0) is 0 Å². The van der Waals surface area contributed by atoms with Crippen LogP contribution in [0.1, 0.15) is 18.5 Å². The summed E-state index contributed by atoms with van der Waals surface area (Å²) in [5.74, 6) is 1.39. The third-order valence-electron chi connectivity index (χ3n) is 3.35. The second kappa shape index (κ2) is 7.74. The molecular weight excluding hydrogens is 316 g/mol. The summed E-state index contributed by atoms with van der Waals surface area (Å²) in [7, 11) is 3.18. The molecule has 0 radical (unpaired) electrons. The van der Waals surface area contributed by atoms with Gasteiger partial charge >= 0.3 is 6.03 Å². The molecule has 0 saturated carbocycles. The minimum absolute atomic E-state index is 0.257. The minimum Gasteiger partial charge on any atom is -0.497 e. The van der Waals surface area contributed by atoms with Crippen LogP contribution in [-0.4, -0.2) is 20.3 Å². The van der Waals surface area contributed by atoms with E-state index in [2.05, 4.69) is 10.6 Å². The summed E-state index contributed by atoms with van der Waals surface area (Å²) in [6.07, 6.45) is 0. The van der Waals surface area contributed by atoms with Crippen molar-refractivity contribution in [2.45, 2.75) is 13.0 Å². The molecule has 5 nitrogen and oxygen atoms in total. The van der Waals surface area contributed by atoms with E-state index in [0.717, 1.165) is 5.56 Å². The topological polar surface area (TPSA) is 59.6 Å². The molecule has 0 saturated heterocycles. The van der Waals surface area contributed by atoms with Crippen LogP contribution in [0.15, 0.2) is 42.5 Å². The van der Waals surface area contributed by atoms with Gasteiger partial charge in [0.2, 0.25) is 0 Å². The van der Waals surface area contributed by atoms with Crippen LogP contribution in [0.5, 0.6) is 11.5 Å². The minimum atomic E-state index is -0.315. The number of rotatable bonds is 5. The van der Waals surface area contributed by atoms with Crippen molar-refractivity contribution < 1.29 is 14.3 Å². The Morgan fingerprint density at radius 1 is 1.09 bits per heavy atom. The number of halogens is 1. The Labute approximate surface area is 140 Å². The number of nitrogens with one attached hydrogen (secondary N) is 2. The molecule has 0 bridgehead atoms. The van der Waals surface area contributed by atoms with Crippen LogP contribution in [0.25, 0.3) is 0 Å². The van der Waals surface area contributed by atoms with E-state index in [1.54, 1.807) is 38.5 Å². The number of anilines is 1. The third kappa shape index (κ3) is 4.53. The Bertz CT molecular complexity index is 674. The monoisotopic (exact) mass is 334 g/mol. The van der Waals surface area contributed by atoms with Crippen molar-refractivity contribution in [2.75, 3.05) is 19.5 Å². The van der Waals surface area contributed by atoms with Crippen LogP contribution in [0.3, 0.4) is 0 Å². The summed E-state index contributed by atoms with van der Waals surface area (Å²) in [4.78, 5) is 12.1. The van der Waals surface area contributed by atoms with Gasteiger partial charge in [-0.1, -0.05) is 11.6 Å². The number of hydrogen-bond acceptors (Lipinski definition) is 3. The van der Waals surface area contributed by atoms with Gasteiger partial charge in [-0.2, -0.15) is 0 Å². The van der Waals surface area contributed by atoms with Gasteiger partial charge in [-0.3, -0.25) is 0 Å². The Balaban J connectivity index is 2.07. The highest BCUT2D eigenvalue weighted by Crippen LogP contribution is 2.29. The highest BCUT2D eigenvalue weighted by atomic mass is 35.5. The predicted octanol–water partition coefficient (Wildman–Crippen LogP) is 4.24. The summed E-state index contributed by atoms with van der Waals surface area (Å²) in [5, 5.41) is 6.24. The molecule has 2 rings (SSSR count). The lowest BCUT2D eigenvalue weighted by atomic mass is 10.1. The summed E-state index contributed by atoms with van der Waals surface area (Å²) in [5.41, 5.74) is 1.50. The van der Waals surface area contributed by atoms with Crippen LogP contribution in [0.4, 0.5) is 10.5 Å². The van der Waals surface area contributed by atoms with Crippen molar-refractivity contribution in [1.29, 1.82) is 0 Å². The van der Waals surface area contributed by atoms with E-state index in [1.165, 1.54) is 0 Å². The van der Waals surface area contributed by atoms with Gasteiger partial charge in [0.1, 0.15) is 11.5 Å². The fourth-order valence-electron chi connectivity index (χ4n) is 2.15. The molecule has 6 heteroatoms. The van der Waals surface area contributed by atoms with Crippen LogP contribution >= 0.6 is 11.6 Å². The quantitative estimate of drug-likeness (QED) is 0.859. The van der Waals surface area contributed by atoms with Gasteiger partial charge in [0.15, 0.2) is 0 Å². The standard InChI is InChI=1S/C17H19ClN2O3/c1-11(15-10-14(22-2)8-9-16(15)23-3)19-17(21)20-13-6-4-12(18)5-7-13/h4-11H,1-3H3,(H2,19,20,21)/t11-/m0/s1. The van der Waals surface area contributed by atoms with Gasteiger partial charge in [0.25, 0.3) is 0 Å². The Morgan fingerprint density at radius 2 is 1.78 bits per heavy atom. The lowest BCUT2D eigenvalue weighted by Gasteiger charge is -2.18. The van der Waals surface area contributed by atoms with Gasteiger partial charge in [0, 0.05) is 16.3 Å². The molecule has 23 heavy (non-hydrogen) atoms. The maximum absolute atomic E-state index is 12.1. The number of carbonyl (C=O) groups excluding carboxylic acids is 1. The van der Waals surface area contributed by atoms with E-state index >= 15 is 0 Å². The Hall–Kier alpha value is -2.40. The molecule has 0 unspecified atom stereocenters. The molecule has 0 fully saturated rings. The number of ether oxygens (including phenoxy) is 2. The van der Waals surface area contributed by atoms with Gasteiger partial charge in [-0.05, 0) is 49.4 Å². The number of benzene rings is 2. The van der Waals surface area contributed by atoms with Crippen molar-refractivity contribution in [3.05, 3.63) is 53.1 Å². The molecule has 0 aliphatic carbocycles. The molecule has 1 atom stereocenters. The van der Waals surface area contributed by atoms with E-state index in [4.69, 9.17) is 21.1 Å². The van der Waals surface area contributed by atoms with Gasteiger partial charge in [0.05, 0.1) is 20.3 Å². The van der Waals surface area contributed by atoms with Crippen molar-refractivity contribution in [3.63, 3.8) is 0 Å². The number of urea groups is 1. The molecular formula is C17H19ClN2O3. The van der Waals surface area contributed by atoms with Crippen molar-refractivity contribution in [1.82, 2.24) is 5.32 Å². The molecule has 2 amide bonds. The molecule has 2 N–H and O–H groups in total. The summed E-state index contributed by atoms with van der Waals surface area (Å²) in [6, 6.07) is 11.8. The number of carbonyl (C=O) groups is 1. The maximum atomic E-state index is 12.1. The number of hydrogen-bond donors (Lipinski definition) is 2. The maximum Gasteiger partial charge on any atom is 0.319 e. The first-order valence-electron chi connectivity index (χ1n) is 7.08. The average Bonchev–Trinajstić information content (AvgIpc) is 2.56. The van der Waals surface area contributed by atoms with Crippen LogP contribution in [0.2, 0.25) is 5.02 Å². The second-order valence-corrected chi connectivity index (χ2v) is 5.37. The SMILES string of the molecule is COc1ccc(OC)c([C@H](C)NC(=O)Nc2ccc(Cl)cc2)c1. The third-order valence-corrected chi connectivity index (χ3v) is 3.61. The van der Waals surface area contributed by atoms with Gasteiger partial charge < -0.3 is 20.1 Å². The molecule has 122 valence electrons. The normalized spacial score (nSPS) is 11.5. The molecule has 0 spiro atoms. The zero-order chi connectivity index (χ0) is 16.8. The zero-order valence-corrected chi connectivity index (χ0v) is 14.0. The van der Waals surface area contributed by atoms with E-state index < -0.39 is 0 Å². The van der Waals surface area contributed by atoms with E-state index in [0.29, 0.717) is 22.2 Å². The number of amides is 2. The number of methoxy groups -OCH3 is 2. The first-order valence-corrected chi connectivity index (χ1v) is 7.46. The molecule has 2 aromatic rings. The van der Waals surface area contributed by atoms with Gasteiger partial charge in [-0.15, -0.1) is 0 Å². The summed E-state index contributed by atoms with van der Waals surface area (Å²) in [6.45, 7) is 1.87. The summed E-state index contributed by atoms with van der Waals surface area (Å²) < 4.78 is 10.6. The second-order valence-electron chi connectivity index (χ2n) is 4.93. The van der Waals surface area contributed by atoms with Crippen molar-refractivity contribution in [2.24, 2.45) is 0 Å². The molecule has 0 aromatic heterocycles. The Morgan fingerprint density at radius 3 is 2.39 bits per heavy atom. The lowest BCUT2D eigenvalue weighted by molar-refractivity contribution is 0.249. The highest BCUT2D eigenvalue weighted by molar-refractivity contribution is 6.30. The molecule has 0 aliphatic rings. The fraction of sp³-hybridized carbons (Fsp3) is 0.235. The highest BCUT2D eigenvalue weighted by Gasteiger charge is 2.15. The Kier molecular flexibility index (Phi) is 5.71. The molecule has 0 aliphatic heterocycles. The first kappa shape index (κ1) is 17.0. The smallest absolute Gasteiger partial charge is 0.319 e. The lowest BCUT2D eigenvalue weighted by Crippen LogP contribution is -2.31.